The Hall–Kier alpha value is -3.00. The van der Waals surface area contributed by atoms with Gasteiger partial charge in [0.25, 0.3) is 5.91 Å². The Morgan fingerprint density at radius 2 is 2.10 bits per heavy atom. The van der Waals surface area contributed by atoms with Gasteiger partial charge in [-0.05, 0) is 32.4 Å². The van der Waals surface area contributed by atoms with E-state index in [0.29, 0.717) is 6.04 Å². The number of aryl methyl sites for hydroxylation is 1. The van der Waals surface area contributed by atoms with E-state index in [0.717, 1.165) is 54.5 Å². The van der Waals surface area contributed by atoms with Crippen molar-refractivity contribution in [2.45, 2.75) is 32.9 Å². The fraction of sp³-hybridized carbons (Fsp3) is 0.429. The molecule has 3 aromatic rings. The van der Waals surface area contributed by atoms with Crippen molar-refractivity contribution in [3.63, 3.8) is 0 Å². The van der Waals surface area contributed by atoms with Crippen LogP contribution in [0.15, 0.2) is 30.6 Å². The molecule has 0 radical (unpaired) electrons. The maximum Gasteiger partial charge on any atom is 0.291 e. The van der Waals surface area contributed by atoms with E-state index >= 15 is 0 Å². The number of carbonyl (C=O) groups is 1. The Morgan fingerprint density at radius 3 is 2.90 bits per heavy atom. The van der Waals surface area contributed by atoms with Gasteiger partial charge in [0, 0.05) is 57.2 Å². The first kappa shape index (κ1) is 19.3. The van der Waals surface area contributed by atoms with E-state index in [9.17, 15) is 4.79 Å². The molecule has 1 N–H and O–H groups in total. The predicted molar refractivity (Wildman–Crippen MR) is 112 cm³/mol. The molecule has 1 amide bonds. The molecule has 0 unspecified atom stereocenters. The van der Waals surface area contributed by atoms with Crippen LogP contribution in [-0.2, 0) is 6.54 Å². The first-order valence-electron chi connectivity index (χ1n) is 9.90. The molecule has 152 valence electrons. The average Bonchev–Trinajstić information content (AvgIpc) is 3.34. The van der Waals surface area contributed by atoms with Crippen LogP contribution < -0.4 is 10.2 Å². The van der Waals surface area contributed by atoms with Crippen molar-refractivity contribution in [3.8, 4) is 0 Å². The normalized spacial score (nSPS) is 16.6. The number of amides is 1. The van der Waals surface area contributed by atoms with Crippen molar-refractivity contribution in [1.82, 2.24) is 29.6 Å². The van der Waals surface area contributed by atoms with Crippen molar-refractivity contribution in [2.24, 2.45) is 0 Å². The van der Waals surface area contributed by atoms with Crippen LogP contribution in [-0.4, -0.2) is 63.4 Å². The summed E-state index contributed by atoms with van der Waals surface area (Å²) in [6, 6.07) is 6.37. The number of fused-ring (bicyclic) bond motifs is 1. The van der Waals surface area contributed by atoms with Crippen LogP contribution in [0.1, 0.15) is 34.0 Å². The van der Waals surface area contributed by atoms with Gasteiger partial charge in [-0.3, -0.25) is 4.79 Å². The number of nitrogens with one attached hydrogen (secondary N) is 1. The Morgan fingerprint density at radius 1 is 1.28 bits per heavy atom. The van der Waals surface area contributed by atoms with Crippen LogP contribution in [0.25, 0.3) is 5.65 Å². The summed E-state index contributed by atoms with van der Waals surface area (Å²) in [5.74, 6) is 0.952. The number of anilines is 1. The molecule has 1 aliphatic heterocycles. The number of aromatic nitrogens is 4. The number of hydrogen-bond acceptors (Lipinski definition) is 6. The molecule has 8 nitrogen and oxygen atoms in total. The summed E-state index contributed by atoms with van der Waals surface area (Å²) in [6.07, 6.45) is 4.99. The van der Waals surface area contributed by atoms with Crippen LogP contribution in [0, 0.1) is 13.8 Å². The minimum absolute atomic E-state index is 0.171. The number of hydrogen-bond donors (Lipinski definition) is 1. The molecular weight excluding hydrogens is 366 g/mol. The van der Waals surface area contributed by atoms with E-state index in [1.165, 1.54) is 4.90 Å². The number of nitrogens with zero attached hydrogens (tertiary/aromatic N) is 6. The summed E-state index contributed by atoms with van der Waals surface area (Å²) in [4.78, 5) is 29.5. The maximum atomic E-state index is 12.3. The highest BCUT2D eigenvalue weighted by molar-refractivity contribution is 5.90. The maximum absolute atomic E-state index is 12.3. The molecule has 0 saturated carbocycles. The Kier molecular flexibility index (Phi) is 5.19. The van der Waals surface area contributed by atoms with Crippen LogP contribution >= 0.6 is 0 Å². The van der Waals surface area contributed by atoms with Crippen molar-refractivity contribution in [2.75, 3.05) is 32.1 Å². The van der Waals surface area contributed by atoms with E-state index in [1.54, 1.807) is 14.1 Å². The van der Waals surface area contributed by atoms with Gasteiger partial charge in [-0.2, -0.15) is 0 Å². The lowest BCUT2D eigenvalue weighted by Crippen LogP contribution is -2.33. The quantitative estimate of drug-likeness (QED) is 0.712. The van der Waals surface area contributed by atoms with Gasteiger partial charge in [-0.15, -0.1) is 0 Å². The molecule has 0 spiro atoms. The molecule has 1 aliphatic rings. The molecule has 0 aromatic carbocycles. The topological polar surface area (TPSA) is 78.7 Å². The number of imidazole rings is 1. The number of carbonyl (C=O) groups excluding carboxylic acids is 1. The van der Waals surface area contributed by atoms with Gasteiger partial charge < -0.3 is 19.5 Å². The summed E-state index contributed by atoms with van der Waals surface area (Å²) >= 11 is 0. The predicted octanol–water partition coefficient (Wildman–Crippen LogP) is 1.81. The standard InChI is InChI=1S/C21H27N7O/c1-14-15(2)24-19(21(29)26(3)4)25-20(14)27-10-8-16(13-27)22-11-17-12-23-18-7-5-6-9-28(17)18/h5-7,9,12,16,22H,8,10-11,13H2,1-4H3/t16-/m1/s1. The third-order valence-corrected chi connectivity index (χ3v) is 5.51. The molecular formula is C21H27N7O. The smallest absolute Gasteiger partial charge is 0.291 e. The summed E-state index contributed by atoms with van der Waals surface area (Å²) in [7, 11) is 3.44. The Labute approximate surface area is 170 Å². The molecule has 4 heterocycles. The van der Waals surface area contributed by atoms with E-state index < -0.39 is 0 Å². The van der Waals surface area contributed by atoms with Gasteiger partial charge in [0.1, 0.15) is 11.5 Å². The third-order valence-electron chi connectivity index (χ3n) is 5.51. The average molecular weight is 393 g/mol. The molecule has 8 heteroatoms. The molecule has 0 bridgehead atoms. The molecule has 29 heavy (non-hydrogen) atoms. The first-order chi connectivity index (χ1) is 13.9. The molecule has 1 atom stereocenters. The van der Waals surface area contributed by atoms with Crippen molar-refractivity contribution < 1.29 is 4.79 Å². The molecule has 0 aliphatic carbocycles. The van der Waals surface area contributed by atoms with Gasteiger partial charge in [0.2, 0.25) is 5.82 Å². The lowest BCUT2D eigenvalue weighted by Gasteiger charge is -2.22. The zero-order chi connectivity index (χ0) is 20.5. The van der Waals surface area contributed by atoms with Crippen LogP contribution in [0.5, 0.6) is 0 Å². The lowest BCUT2D eigenvalue weighted by molar-refractivity contribution is 0.0815. The fourth-order valence-corrected chi connectivity index (χ4v) is 3.70. The van der Waals surface area contributed by atoms with E-state index in [-0.39, 0.29) is 11.7 Å². The highest BCUT2D eigenvalue weighted by Gasteiger charge is 2.26. The SMILES string of the molecule is Cc1nc(C(=O)N(C)C)nc(N2CC[C@@H](NCc3cnc4ccccn34)C2)c1C. The van der Waals surface area contributed by atoms with Gasteiger partial charge in [-0.25, -0.2) is 15.0 Å². The van der Waals surface area contributed by atoms with Gasteiger partial charge in [0.15, 0.2) is 0 Å². The monoisotopic (exact) mass is 393 g/mol. The molecule has 4 rings (SSSR count). The minimum atomic E-state index is -0.171. The Balaban J connectivity index is 1.46. The largest absolute Gasteiger partial charge is 0.355 e. The van der Waals surface area contributed by atoms with Gasteiger partial charge >= 0.3 is 0 Å². The highest BCUT2D eigenvalue weighted by Crippen LogP contribution is 2.24. The third kappa shape index (κ3) is 3.80. The second-order valence-electron chi connectivity index (χ2n) is 7.77. The van der Waals surface area contributed by atoms with Crippen LogP contribution in [0.4, 0.5) is 5.82 Å². The first-order valence-corrected chi connectivity index (χ1v) is 9.90. The minimum Gasteiger partial charge on any atom is -0.355 e. The van der Waals surface area contributed by atoms with E-state index in [1.807, 2.05) is 44.4 Å². The molecule has 1 saturated heterocycles. The van der Waals surface area contributed by atoms with Gasteiger partial charge in [-0.1, -0.05) is 6.07 Å². The summed E-state index contributed by atoms with van der Waals surface area (Å²) in [6.45, 7) is 6.47. The number of pyridine rings is 1. The zero-order valence-corrected chi connectivity index (χ0v) is 17.4. The summed E-state index contributed by atoms with van der Waals surface area (Å²) in [5, 5.41) is 3.64. The van der Waals surface area contributed by atoms with Gasteiger partial charge in [0.05, 0.1) is 11.9 Å². The summed E-state index contributed by atoms with van der Waals surface area (Å²) < 4.78 is 2.11. The molecule has 1 fully saturated rings. The van der Waals surface area contributed by atoms with E-state index in [2.05, 4.69) is 29.6 Å². The second kappa shape index (κ2) is 7.79. The van der Waals surface area contributed by atoms with Crippen LogP contribution in [0.2, 0.25) is 0 Å². The Bertz CT molecular complexity index is 1040. The van der Waals surface area contributed by atoms with Crippen molar-refractivity contribution >= 4 is 17.4 Å². The summed E-state index contributed by atoms with van der Waals surface area (Å²) in [5.41, 5.74) is 3.99. The van der Waals surface area contributed by atoms with E-state index in [4.69, 9.17) is 0 Å². The molecule has 3 aromatic heterocycles. The second-order valence-corrected chi connectivity index (χ2v) is 7.77. The fourth-order valence-electron chi connectivity index (χ4n) is 3.70. The lowest BCUT2D eigenvalue weighted by atomic mass is 10.2. The highest BCUT2D eigenvalue weighted by atomic mass is 16.2. The number of rotatable bonds is 5. The van der Waals surface area contributed by atoms with Crippen LogP contribution in [0.3, 0.4) is 0 Å². The van der Waals surface area contributed by atoms with Crippen molar-refractivity contribution in [1.29, 1.82) is 0 Å². The zero-order valence-electron chi connectivity index (χ0n) is 17.4. The van der Waals surface area contributed by atoms with Crippen molar-refractivity contribution in [3.05, 3.63) is 53.4 Å².